The third-order valence-electron chi connectivity index (χ3n) is 1.94. The fraction of sp³-hybridized carbons (Fsp3) is 0.750. The van der Waals surface area contributed by atoms with Gasteiger partial charge in [0, 0.05) is 13.0 Å². The largest absolute Gasteiger partial charge is 0.383 e. The van der Waals surface area contributed by atoms with Crippen molar-refractivity contribution in [3.63, 3.8) is 0 Å². The molecule has 2 atom stereocenters. The Hall–Kier alpha value is -0.940. The van der Waals surface area contributed by atoms with Crippen LogP contribution < -0.4 is 5.73 Å². The molecule has 1 unspecified atom stereocenters. The summed E-state index contributed by atoms with van der Waals surface area (Å²) in [5.74, 6) is 0.873. The van der Waals surface area contributed by atoms with Crippen LogP contribution in [0.4, 0.5) is 0 Å². The van der Waals surface area contributed by atoms with Gasteiger partial charge in [0.15, 0.2) is 0 Å². The Balaban J connectivity index is 2.73. The van der Waals surface area contributed by atoms with Gasteiger partial charge in [-0.3, -0.25) is 0 Å². The van der Waals surface area contributed by atoms with E-state index in [0.717, 1.165) is 0 Å². The molecule has 1 aromatic rings. The molecule has 1 heterocycles. The molecule has 1 aromatic heterocycles. The Morgan fingerprint density at radius 1 is 1.46 bits per heavy atom. The van der Waals surface area contributed by atoms with Gasteiger partial charge in [0.2, 0.25) is 11.7 Å². The summed E-state index contributed by atoms with van der Waals surface area (Å²) < 4.78 is 4.74. The van der Waals surface area contributed by atoms with Crippen LogP contribution in [0.25, 0.3) is 0 Å². The van der Waals surface area contributed by atoms with Gasteiger partial charge in [-0.15, -0.1) is 0 Å². The first-order valence-corrected chi connectivity index (χ1v) is 4.26. The molecule has 0 aliphatic carbocycles. The summed E-state index contributed by atoms with van der Waals surface area (Å²) in [6.45, 7) is 5.53. The highest BCUT2D eigenvalue weighted by Gasteiger charge is 2.24. The number of aliphatic hydroxyl groups is 1. The van der Waals surface area contributed by atoms with E-state index in [-0.39, 0.29) is 17.8 Å². The molecule has 0 amide bonds. The zero-order valence-electron chi connectivity index (χ0n) is 8.06. The van der Waals surface area contributed by atoms with Crippen LogP contribution in [0.5, 0.6) is 0 Å². The lowest BCUT2D eigenvalue weighted by Gasteiger charge is -2.18. The van der Waals surface area contributed by atoms with Crippen LogP contribution in [-0.4, -0.2) is 21.3 Å². The predicted molar refractivity (Wildman–Crippen MR) is 46.8 cm³/mol. The topological polar surface area (TPSA) is 85.2 Å². The molecule has 0 saturated heterocycles. The third-order valence-corrected chi connectivity index (χ3v) is 1.94. The second kappa shape index (κ2) is 3.85. The monoisotopic (exact) mass is 185 g/mol. The van der Waals surface area contributed by atoms with Crippen LogP contribution in [0, 0.1) is 12.8 Å². The average molecular weight is 185 g/mol. The number of nitrogens with zero attached hydrogens (tertiary/aromatic N) is 2. The summed E-state index contributed by atoms with van der Waals surface area (Å²) in [6, 6.07) is -0.364. The lowest BCUT2D eigenvalue weighted by Crippen LogP contribution is -2.34. The number of rotatable bonds is 3. The van der Waals surface area contributed by atoms with E-state index < -0.39 is 6.10 Å². The van der Waals surface area contributed by atoms with Crippen molar-refractivity contribution in [1.29, 1.82) is 0 Å². The van der Waals surface area contributed by atoms with E-state index in [4.69, 9.17) is 10.3 Å². The SMILES string of the molecule is Cc1nc(C(O)[C@@H](N)C(C)C)no1. The fourth-order valence-corrected chi connectivity index (χ4v) is 0.972. The second-order valence-corrected chi connectivity index (χ2v) is 3.44. The maximum Gasteiger partial charge on any atom is 0.223 e. The molecule has 0 aliphatic rings. The van der Waals surface area contributed by atoms with Crippen LogP contribution in [0.2, 0.25) is 0 Å². The molecule has 0 spiro atoms. The maximum absolute atomic E-state index is 9.66. The number of aliphatic hydroxyl groups excluding tert-OH is 1. The van der Waals surface area contributed by atoms with E-state index in [1.54, 1.807) is 6.92 Å². The first kappa shape index (κ1) is 10.1. The van der Waals surface area contributed by atoms with Crippen molar-refractivity contribution in [2.75, 3.05) is 0 Å². The van der Waals surface area contributed by atoms with Crippen molar-refractivity contribution in [3.8, 4) is 0 Å². The zero-order chi connectivity index (χ0) is 10.0. The minimum Gasteiger partial charge on any atom is -0.383 e. The van der Waals surface area contributed by atoms with E-state index in [1.165, 1.54) is 0 Å². The van der Waals surface area contributed by atoms with Gasteiger partial charge in [-0.05, 0) is 5.92 Å². The van der Waals surface area contributed by atoms with Crippen LogP contribution in [0.15, 0.2) is 4.52 Å². The molecule has 5 heteroatoms. The number of nitrogens with two attached hydrogens (primary N) is 1. The van der Waals surface area contributed by atoms with Crippen molar-refractivity contribution in [2.24, 2.45) is 11.7 Å². The van der Waals surface area contributed by atoms with Crippen LogP contribution in [-0.2, 0) is 0 Å². The zero-order valence-corrected chi connectivity index (χ0v) is 8.06. The van der Waals surface area contributed by atoms with Crippen LogP contribution in [0.3, 0.4) is 0 Å². The standard InChI is InChI=1S/C8H15N3O2/c1-4(2)6(9)7(12)8-10-5(3)13-11-8/h4,6-7,12H,9H2,1-3H3/t6-,7?/m0/s1. The van der Waals surface area contributed by atoms with Gasteiger partial charge in [-0.25, -0.2) is 0 Å². The Kier molecular flexibility index (Phi) is 3.00. The maximum atomic E-state index is 9.66. The van der Waals surface area contributed by atoms with Crippen molar-refractivity contribution in [2.45, 2.75) is 32.9 Å². The number of aryl methyl sites for hydroxylation is 1. The minimum atomic E-state index is -0.850. The van der Waals surface area contributed by atoms with Crippen molar-refractivity contribution >= 4 is 0 Å². The van der Waals surface area contributed by atoms with Gasteiger partial charge in [0.1, 0.15) is 6.10 Å². The quantitative estimate of drug-likeness (QED) is 0.711. The Bertz CT molecular complexity index is 272. The molecule has 0 fully saturated rings. The molecule has 0 aliphatic heterocycles. The Labute approximate surface area is 76.9 Å². The van der Waals surface area contributed by atoms with Crippen molar-refractivity contribution in [1.82, 2.24) is 10.1 Å². The van der Waals surface area contributed by atoms with Crippen molar-refractivity contribution < 1.29 is 9.63 Å². The van der Waals surface area contributed by atoms with Gasteiger partial charge >= 0.3 is 0 Å². The summed E-state index contributed by atoms with van der Waals surface area (Å²) in [6.07, 6.45) is -0.850. The van der Waals surface area contributed by atoms with Crippen LogP contribution in [0.1, 0.15) is 31.7 Å². The minimum absolute atomic E-state index is 0.175. The molecular weight excluding hydrogens is 170 g/mol. The highest BCUT2D eigenvalue weighted by atomic mass is 16.5. The third kappa shape index (κ3) is 2.26. The lowest BCUT2D eigenvalue weighted by molar-refractivity contribution is 0.114. The molecule has 0 bridgehead atoms. The number of aromatic nitrogens is 2. The van der Waals surface area contributed by atoms with E-state index in [2.05, 4.69) is 10.1 Å². The number of hydrogen-bond acceptors (Lipinski definition) is 5. The Morgan fingerprint density at radius 3 is 2.46 bits per heavy atom. The predicted octanol–water partition coefficient (Wildman–Crippen LogP) is 0.395. The Morgan fingerprint density at radius 2 is 2.08 bits per heavy atom. The van der Waals surface area contributed by atoms with E-state index in [1.807, 2.05) is 13.8 Å². The second-order valence-electron chi connectivity index (χ2n) is 3.44. The molecular formula is C8H15N3O2. The van der Waals surface area contributed by atoms with Gasteiger partial charge in [0.05, 0.1) is 0 Å². The summed E-state index contributed by atoms with van der Waals surface area (Å²) >= 11 is 0. The molecule has 1 rings (SSSR count). The smallest absolute Gasteiger partial charge is 0.223 e. The van der Waals surface area contributed by atoms with Gasteiger partial charge in [0.25, 0.3) is 0 Å². The van der Waals surface area contributed by atoms with E-state index in [0.29, 0.717) is 5.89 Å². The molecule has 0 aromatic carbocycles. The van der Waals surface area contributed by atoms with Gasteiger partial charge < -0.3 is 15.4 Å². The molecule has 0 saturated carbocycles. The lowest BCUT2D eigenvalue weighted by atomic mass is 9.99. The van der Waals surface area contributed by atoms with Crippen molar-refractivity contribution in [3.05, 3.63) is 11.7 Å². The fourth-order valence-electron chi connectivity index (χ4n) is 0.972. The highest BCUT2D eigenvalue weighted by Crippen LogP contribution is 2.16. The van der Waals surface area contributed by atoms with Gasteiger partial charge in [-0.2, -0.15) is 4.98 Å². The van der Waals surface area contributed by atoms with Crippen LogP contribution >= 0.6 is 0 Å². The van der Waals surface area contributed by atoms with E-state index >= 15 is 0 Å². The summed E-state index contributed by atoms with van der Waals surface area (Å²) in [5, 5.41) is 13.3. The summed E-state index contributed by atoms with van der Waals surface area (Å²) in [4.78, 5) is 3.91. The molecule has 74 valence electrons. The number of hydrogen-bond donors (Lipinski definition) is 2. The molecule has 0 radical (unpaired) electrons. The van der Waals surface area contributed by atoms with E-state index in [9.17, 15) is 5.11 Å². The molecule has 3 N–H and O–H groups in total. The average Bonchev–Trinajstić information content (AvgIpc) is 2.49. The van der Waals surface area contributed by atoms with Gasteiger partial charge in [-0.1, -0.05) is 19.0 Å². The highest BCUT2D eigenvalue weighted by molar-refractivity contribution is 4.94. The first-order chi connectivity index (χ1) is 6.02. The normalized spacial score (nSPS) is 16.2. The first-order valence-electron chi connectivity index (χ1n) is 4.26. The molecule has 5 nitrogen and oxygen atoms in total. The summed E-state index contributed by atoms with van der Waals surface area (Å²) in [7, 11) is 0. The summed E-state index contributed by atoms with van der Waals surface area (Å²) in [5.41, 5.74) is 5.73. The molecule has 13 heavy (non-hydrogen) atoms.